The highest BCUT2D eigenvalue weighted by Crippen LogP contribution is 2.37. The van der Waals surface area contributed by atoms with Gasteiger partial charge in [0.25, 0.3) is 0 Å². The molecule has 1 aliphatic rings. The van der Waals surface area contributed by atoms with Gasteiger partial charge in [-0.05, 0) is 30.7 Å². The average molecular weight is 410 g/mol. The van der Waals surface area contributed by atoms with E-state index >= 15 is 0 Å². The molecule has 0 spiro atoms. The number of ether oxygens (including phenoxy) is 4. The van der Waals surface area contributed by atoms with Crippen molar-refractivity contribution in [3.63, 3.8) is 0 Å². The van der Waals surface area contributed by atoms with Crippen LogP contribution in [-0.4, -0.2) is 61.4 Å². The highest BCUT2D eigenvalue weighted by molar-refractivity contribution is 5.88. The van der Waals surface area contributed by atoms with Crippen LogP contribution in [0.2, 0.25) is 0 Å². The first-order valence-corrected chi connectivity index (χ1v) is 10.0. The van der Waals surface area contributed by atoms with E-state index in [1.54, 1.807) is 37.7 Å². The fourth-order valence-corrected chi connectivity index (χ4v) is 3.39. The first-order valence-electron chi connectivity index (χ1n) is 10.0. The van der Waals surface area contributed by atoms with Crippen LogP contribution in [0.4, 0.5) is 5.82 Å². The quantitative estimate of drug-likeness (QED) is 0.567. The SMILES string of the molecule is COc1cc2c(Oc3cccnc3N)ccnc2cc1OCCCN1CCOCC1. The number of nitrogen functional groups attached to an aromatic ring is 1. The molecule has 0 amide bonds. The van der Waals surface area contributed by atoms with Crippen LogP contribution in [0.5, 0.6) is 23.0 Å². The Bertz CT molecular complexity index is 992. The summed E-state index contributed by atoms with van der Waals surface area (Å²) in [7, 11) is 1.62. The summed E-state index contributed by atoms with van der Waals surface area (Å²) in [6.07, 6.45) is 4.25. The van der Waals surface area contributed by atoms with Gasteiger partial charge in [0.05, 0.1) is 32.4 Å². The number of hydrogen-bond donors (Lipinski definition) is 1. The summed E-state index contributed by atoms with van der Waals surface area (Å²) in [5.74, 6) is 2.74. The van der Waals surface area contributed by atoms with Gasteiger partial charge in [-0.15, -0.1) is 0 Å². The number of benzene rings is 1. The topological polar surface area (TPSA) is 92.0 Å². The molecule has 0 bridgehead atoms. The first kappa shape index (κ1) is 20.2. The molecule has 8 heteroatoms. The number of morpholine rings is 1. The van der Waals surface area contributed by atoms with Crippen molar-refractivity contribution < 1.29 is 18.9 Å². The van der Waals surface area contributed by atoms with Crippen LogP contribution in [0.3, 0.4) is 0 Å². The lowest BCUT2D eigenvalue weighted by Crippen LogP contribution is -2.37. The summed E-state index contributed by atoms with van der Waals surface area (Å²) in [4.78, 5) is 10.9. The zero-order valence-electron chi connectivity index (χ0n) is 17.0. The Balaban J connectivity index is 1.48. The summed E-state index contributed by atoms with van der Waals surface area (Å²) in [5.41, 5.74) is 6.66. The van der Waals surface area contributed by atoms with E-state index < -0.39 is 0 Å². The molecule has 0 saturated carbocycles. The van der Waals surface area contributed by atoms with Crippen LogP contribution in [0.1, 0.15) is 6.42 Å². The fourth-order valence-electron chi connectivity index (χ4n) is 3.39. The predicted molar refractivity (Wildman–Crippen MR) is 114 cm³/mol. The van der Waals surface area contributed by atoms with Gasteiger partial charge in [0.1, 0.15) is 5.75 Å². The average Bonchev–Trinajstić information content (AvgIpc) is 2.78. The van der Waals surface area contributed by atoms with Crippen LogP contribution < -0.4 is 19.9 Å². The minimum atomic E-state index is 0.328. The highest BCUT2D eigenvalue weighted by Gasteiger charge is 2.14. The number of nitrogens with two attached hydrogens (primary N) is 1. The van der Waals surface area contributed by atoms with Gasteiger partial charge in [0.15, 0.2) is 23.1 Å². The van der Waals surface area contributed by atoms with E-state index in [0.29, 0.717) is 35.4 Å². The van der Waals surface area contributed by atoms with Crippen molar-refractivity contribution in [3.05, 3.63) is 42.7 Å². The summed E-state index contributed by atoms with van der Waals surface area (Å²) >= 11 is 0. The maximum atomic E-state index is 6.01. The maximum absolute atomic E-state index is 6.01. The van der Waals surface area contributed by atoms with Crippen molar-refractivity contribution >= 4 is 16.7 Å². The molecule has 2 aromatic heterocycles. The van der Waals surface area contributed by atoms with Crippen molar-refractivity contribution in [2.45, 2.75) is 6.42 Å². The van der Waals surface area contributed by atoms with Crippen molar-refractivity contribution in [2.24, 2.45) is 0 Å². The lowest BCUT2D eigenvalue weighted by Gasteiger charge is -2.26. The van der Waals surface area contributed by atoms with Crippen LogP contribution >= 0.6 is 0 Å². The molecule has 0 aliphatic carbocycles. The van der Waals surface area contributed by atoms with Gasteiger partial charge in [-0.3, -0.25) is 9.88 Å². The standard InChI is InChI=1S/C22H26N4O4/c1-27-20-14-16-17(15-21(20)29-11-3-8-26-9-12-28-13-10-26)24-7-5-18(16)30-19-4-2-6-25-22(19)23/h2,4-7,14-15H,3,8-13H2,1H3,(H2,23,25). The number of fused-ring (bicyclic) bond motifs is 1. The van der Waals surface area contributed by atoms with Crippen LogP contribution in [0.25, 0.3) is 10.9 Å². The third kappa shape index (κ3) is 4.72. The number of nitrogens with zero attached hydrogens (tertiary/aromatic N) is 3. The molecule has 1 aromatic carbocycles. The van der Waals surface area contributed by atoms with E-state index in [1.807, 2.05) is 12.1 Å². The van der Waals surface area contributed by atoms with E-state index in [-0.39, 0.29) is 0 Å². The monoisotopic (exact) mass is 410 g/mol. The van der Waals surface area contributed by atoms with Gasteiger partial charge >= 0.3 is 0 Å². The number of methoxy groups -OCH3 is 1. The van der Waals surface area contributed by atoms with Crippen LogP contribution in [0, 0.1) is 0 Å². The second-order valence-corrected chi connectivity index (χ2v) is 6.97. The molecule has 1 saturated heterocycles. The molecular formula is C22H26N4O4. The molecule has 0 unspecified atom stereocenters. The summed E-state index contributed by atoms with van der Waals surface area (Å²) in [6, 6.07) is 9.09. The number of anilines is 1. The highest BCUT2D eigenvalue weighted by atomic mass is 16.5. The Labute approximate surface area is 175 Å². The Hall–Kier alpha value is -3.10. The van der Waals surface area contributed by atoms with Crippen LogP contribution in [0.15, 0.2) is 42.7 Å². The van der Waals surface area contributed by atoms with E-state index in [2.05, 4.69) is 14.9 Å². The molecule has 30 heavy (non-hydrogen) atoms. The molecule has 1 aliphatic heterocycles. The first-order chi connectivity index (χ1) is 14.7. The lowest BCUT2D eigenvalue weighted by molar-refractivity contribution is 0.0357. The van der Waals surface area contributed by atoms with Gasteiger partial charge in [-0.2, -0.15) is 0 Å². The smallest absolute Gasteiger partial charge is 0.169 e. The number of rotatable bonds is 8. The van der Waals surface area contributed by atoms with E-state index in [1.165, 1.54) is 0 Å². The Morgan fingerprint density at radius 3 is 2.70 bits per heavy atom. The van der Waals surface area contributed by atoms with E-state index in [4.69, 9.17) is 24.7 Å². The summed E-state index contributed by atoms with van der Waals surface area (Å²) < 4.78 is 22.9. The van der Waals surface area contributed by atoms with Crippen molar-refractivity contribution in [2.75, 3.05) is 52.3 Å². The normalized spacial score (nSPS) is 14.6. The fraction of sp³-hybridized carbons (Fsp3) is 0.364. The van der Waals surface area contributed by atoms with E-state index in [9.17, 15) is 0 Å². The Kier molecular flexibility index (Phi) is 6.46. The molecule has 158 valence electrons. The number of pyridine rings is 2. The minimum absolute atomic E-state index is 0.328. The van der Waals surface area contributed by atoms with Gasteiger partial charge < -0.3 is 24.7 Å². The second kappa shape index (κ2) is 9.60. The zero-order valence-corrected chi connectivity index (χ0v) is 17.0. The van der Waals surface area contributed by atoms with Gasteiger partial charge in [-0.1, -0.05) is 0 Å². The molecule has 0 radical (unpaired) electrons. The van der Waals surface area contributed by atoms with Crippen molar-refractivity contribution in [1.82, 2.24) is 14.9 Å². The zero-order chi connectivity index (χ0) is 20.8. The Morgan fingerprint density at radius 1 is 1.03 bits per heavy atom. The van der Waals surface area contributed by atoms with Crippen LogP contribution in [-0.2, 0) is 4.74 Å². The molecule has 4 rings (SSSR count). The molecule has 0 atom stereocenters. The van der Waals surface area contributed by atoms with Gasteiger partial charge in [0.2, 0.25) is 0 Å². The van der Waals surface area contributed by atoms with Gasteiger partial charge in [0, 0.05) is 43.5 Å². The number of hydrogen-bond acceptors (Lipinski definition) is 8. The lowest BCUT2D eigenvalue weighted by atomic mass is 10.2. The Morgan fingerprint density at radius 2 is 1.90 bits per heavy atom. The summed E-state index contributed by atoms with van der Waals surface area (Å²) in [5, 5.41) is 0.804. The van der Waals surface area contributed by atoms with Crippen molar-refractivity contribution in [1.29, 1.82) is 0 Å². The van der Waals surface area contributed by atoms with E-state index in [0.717, 1.165) is 50.2 Å². The van der Waals surface area contributed by atoms with Crippen molar-refractivity contribution in [3.8, 4) is 23.0 Å². The third-order valence-corrected chi connectivity index (χ3v) is 4.99. The molecule has 3 heterocycles. The third-order valence-electron chi connectivity index (χ3n) is 4.99. The summed E-state index contributed by atoms with van der Waals surface area (Å²) in [6.45, 7) is 5.16. The predicted octanol–water partition coefficient (Wildman–Crippen LogP) is 3.11. The molecule has 3 aromatic rings. The maximum Gasteiger partial charge on any atom is 0.169 e. The van der Waals surface area contributed by atoms with Gasteiger partial charge in [-0.25, -0.2) is 4.98 Å². The number of aromatic nitrogens is 2. The molecule has 2 N–H and O–H groups in total. The molecular weight excluding hydrogens is 384 g/mol. The molecule has 8 nitrogen and oxygen atoms in total. The second-order valence-electron chi connectivity index (χ2n) is 6.97. The minimum Gasteiger partial charge on any atom is -0.493 e. The molecule has 1 fully saturated rings. The largest absolute Gasteiger partial charge is 0.493 e.